The molecule has 0 spiro atoms. The largest absolute Gasteiger partial charge is 0.427 e. The number of anilines is 1. The number of esters is 1. The van der Waals surface area contributed by atoms with Crippen LogP contribution in [0.3, 0.4) is 0 Å². The summed E-state index contributed by atoms with van der Waals surface area (Å²) in [5, 5.41) is 3.92. The van der Waals surface area contributed by atoms with Gasteiger partial charge >= 0.3 is 5.97 Å². The molecule has 4 rings (SSSR count). The molecular formula is C21H16N2O5. The van der Waals surface area contributed by atoms with E-state index in [1.165, 1.54) is 19.1 Å². The predicted molar refractivity (Wildman–Crippen MR) is 102 cm³/mol. The van der Waals surface area contributed by atoms with Crippen molar-refractivity contribution in [3.63, 3.8) is 0 Å². The van der Waals surface area contributed by atoms with Crippen LogP contribution >= 0.6 is 0 Å². The second kappa shape index (κ2) is 7.11. The number of carbonyl (C=O) groups is 3. The number of carbonyl (C=O) groups excluding carboxylic acids is 3. The first-order chi connectivity index (χ1) is 13.5. The van der Waals surface area contributed by atoms with Crippen LogP contribution in [-0.2, 0) is 19.2 Å². The maximum Gasteiger partial charge on any atom is 0.308 e. The quantitative estimate of drug-likeness (QED) is 0.465. The molecule has 0 N–H and O–H groups in total. The minimum atomic E-state index is -0.962. The molecule has 2 aliphatic rings. The molecular weight excluding hydrogens is 360 g/mol. The molecule has 2 aromatic carbocycles. The van der Waals surface area contributed by atoms with E-state index < -0.39 is 29.8 Å². The summed E-state index contributed by atoms with van der Waals surface area (Å²) in [4.78, 5) is 42.9. The number of ether oxygens (including phenoxy) is 1. The average Bonchev–Trinajstić information content (AvgIpc) is 3.21. The third-order valence-corrected chi connectivity index (χ3v) is 4.45. The van der Waals surface area contributed by atoms with Gasteiger partial charge in [0, 0.05) is 6.92 Å². The van der Waals surface area contributed by atoms with Crippen molar-refractivity contribution in [2.45, 2.75) is 13.0 Å². The zero-order valence-electron chi connectivity index (χ0n) is 14.9. The van der Waals surface area contributed by atoms with Crippen molar-refractivity contribution in [2.24, 2.45) is 11.1 Å². The Bertz CT molecular complexity index is 995. The summed E-state index contributed by atoms with van der Waals surface area (Å²) in [6.45, 7) is 1.30. The molecule has 0 radical (unpaired) electrons. The topological polar surface area (TPSA) is 85.3 Å². The molecule has 28 heavy (non-hydrogen) atoms. The summed E-state index contributed by atoms with van der Waals surface area (Å²) >= 11 is 0. The number of allylic oxidation sites excluding steroid dienone is 1. The number of fused-ring (bicyclic) bond motifs is 1. The number of hydrogen-bond donors (Lipinski definition) is 0. The van der Waals surface area contributed by atoms with Crippen molar-refractivity contribution in [3.05, 3.63) is 66.2 Å². The number of hydrogen-bond acceptors (Lipinski definition) is 6. The molecule has 0 saturated carbocycles. The van der Waals surface area contributed by atoms with Gasteiger partial charge < -0.3 is 9.57 Å². The van der Waals surface area contributed by atoms with E-state index in [2.05, 4.69) is 5.16 Å². The van der Waals surface area contributed by atoms with Crippen molar-refractivity contribution in [1.29, 1.82) is 0 Å². The lowest BCUT2D eigenvalue weighted by Gasteiger charge is -2.15. The first kappa shape index (κ1) is 17.7. The van der Waals surface area contributed by atoms with Gasteiger partial charge in [-0.2, -0.15) is 0 Å². The van der Waals surface area contributed by atoms with Gasteiger partial charge in [0.15, 0.2) is 0 Å². The van der Waals surface area contributed by atoms with Crippen LogP contribution in [0.5, 0.6) is 5.75 Å². The summed E-state index contributed by atoms with van der Waals surface area (Å²) in [6, 6.07) is 15.7. The molecule has 1 fully saturated rings. The highest BCUT2D eigenvalue weighted by molar-refractivity contribution is 6.31. The number of oxime groups is 1. The van der Waals surface area contributed by atoms with Crippen LogP contribution in [0.4, 0.5) is 5.69 Å². The summed E-state index contributed by atoms with van der Waals surface area (Å²) < 4.78 is 4.97. The Morgan fingerprint density at radius 3 is 2.43 bits per heavy atom. The fraction of sp³-hybridized carbons (Fsp3) is 0.143. The van der Waals surface area contributed by atoms with E-state index in [1.54, 1.807) is 18.2 Å². The van der Waals surface area contributed by atoms with Crippen LogP contribution in [0.1, 0.15) is 12.5 Å². The summed E-state index contributed by atoms with van der Waals surface area (Å²) in [7, 11) is 0. The minimum absolute atomic E-state index is 0.333. The third kappa shape index (κ3) is 3.18. The molecule has 0 aromatic heterocycles. The van der Waals surface area contributed by atoms with E-state index >= 15 is 0 Å². The molecule has 1 saturated heterocycles. The molecule has 2 atom stereocenters. The number of benzene rings is 2. The van der Waals surface area contributed by atoms with Crippen molar-refractivity contribution in [1.82, 2.24) is 0 Å². The first-order valence-electron chi connectivity index (χ1n) is 8.68. The Morgan fingerprint density at radius 1 is 1.04 bits per heavy atom. The molecule has 7 nitrogen and oxygen atoms in total. The lowest BCUT2D eigenvalue weighted by atomic mass is 9.99. The number of rotatable bonds is 4. The van der Waals surface area contributed by atoms with E-state index in [0.29, 0.717) is 17.1 Å². The van der Waals surface area contributed by atoms with Gasteiger partial charge in [-0.3, -0.25) is 14.4 Å². The van der Waals surface area contributed by atoms with Crippen LogP contribution in [-0.4, -0.2) is 29.6 Å². The smallest absolute Gasteiger partial charge is 0.308 e. The molecule has 7 heteroatoms. The van der Waals surface area contributed by atoms with Crippen LogP contribution in [0, 0.1) is 5.92 Å². The van der Waals surface area contributed by atoms with Crippen LogP contribution in [0.2, 0.25) is 0 Å². The minimum Gasteiger partial charge on any atom is -0.427 e. The van der Waals surface area contributed by atoms with Crippen molar-refractivity contribution >= 4 is 35.3 Å². The van der Waals surface area contributed by atoms with Gasteiger partial charge in [-0.25, -0.2) is 4.90 Å². The monoisotopic (exact) mass is 376 g/mol. The molecule has 0 unspecified atom stereocenters. The van der Waals surface area contributed by atoms with Gasteiger partial charge in [0.05, 0.1) is 11.4 Å². The number of amides is 2. The van der Waals surface area contributed by atoms with Crippen molar-refractivity contribution in [2.75, 3.05) is 4.90 Å². The summed E-state index contributed by atoms with van der Waals surface area (Å²) in [5.74, 6) is -1.76. The van der Waals surface area contributed by atoms with E-state index in [9.17, 15) is 14.4 Å². The Balaban J connectivity index is 1.55. The van der Waals surface area contributed by atoms with Gasteiger partial charge in [-0.05, 0) is 35.9 Å². The van der Waals surface area contributed by atoms with Crippen LogP contribution < -0.4 is 9.64 Å². The van der Waals surface area contributed by atoms with E-state index in [1.807, 2.05) is 36.4 Å². The number of nitrogens with zero attached hydrogens (tertiary/aromatic N) is 2. The van der Waals surface area contributed by atoms with Crippen molar-refractivity contribution < 1.29 is 24.0 Å². The first-order valence-corrected chi connectivity index (χ1v) is 8.68. The zero-order chi connectivity index (χ0) is 19.7. The Morgan fingerprint density at radius 2 is 1.75 bits per heavy atom. The van der Waals surface area contributed by atoms with Gasteiger partial charge in [-0.15, -0.1) is 0 Å². The van der Waals surface area contributed by atoms with E-state index in [4.69, 9.17) is 9.57 Å². The van der Waals surface area contributed by atoms with Gasteiger partial charge in [0.25, 0.3) is 5.91 Å². The maximum atomic E-state index is 12.9. The lowest BCUT2D eigenvalue weighted by molar-refractivity contribution is -0.132. The zero-order valence-corrected chi connectivity index (χ0v) is 14.9. The van der Waals surface area contributed by atoms with E-state index in [0.717, 1.165) is 10.5 Å². The van der Waals surface area contributed by atoms with Gasteiger partial charge in [0.2, 0.25) is 12.0 Å². The average molecular weight is 376 g/mol. The van der Waals surface area contributed by atoms with Gasteiger partial charge in [0.1, 0.15) is 11.7 Å². The highest BCUT2D eigenvalue weighted by atomic mass is 16.6. The third-order valence-electron chi connectivity index (χ3n) is 4.45. The highest BCUT2D eigenvalue weighted by Gasteiger charge is 2.55. The molecule has 2 aliphatic heterocycles. The fourth-order valence-corrected chi connectivity index (χ4v) is 3.17. The van der Waals surface area contributed by atoms with Crippen LogP contribution in [0.15, 0.2) is 65.8 Å². The molecule has 0 aliphatic carbocycles. The Hall–Kier alpha value is -3.74. The predicted octanol–water partition coefficient (Wildman–Crippen LogP) is 2.57. The summed E-state index contributed by atoms with van der Waals surface area (Å²) in [6.07, 6.45) is 2.55. The second-order valence-corrected chi connectivity index (χ2v) is 6.36. The highest BCUT2D eigenvalue weighted by Crippen LogP contribution is 2.34. The number of imide groups is 1. The molecule has 2 aromatic rings. The van der Waals surface area contributed by atoms with E-state index in [-0.39, 0.29) is 0 Å². The molecule has 2 amide bonds. The van der Waals surface area contributed by atoms with Crippen LogP contribution in [0.25, 0.3) is 6.08 Å². The molecule has 2 heterocycles. The standard InChI is InChI=1S/C21H16N2O5/c1-13(24)27-16-10-8-15(9-11-16)23-20(25)18-17(22-28-19(18)21(23)26)12-7-14-5-3-2-4-6-14/h2-12,18-19H,1H3/b12-7+/t18-,19+/m0/s1. The molecule has 0 bridgehead atoms. The Labute approximate surface area is 160 Å². The summed E-state index contributed by atoms with van der Waals surface area (Å²) in [5.41, 5.74) is 1.74. The second-order valence-electron chi connectivity index (χ2n) is 6.36. The molecule has 140 valence electrons. The fourth-order valence-electron chi connectivity index (χ4n) is 3.17. The Kier molecular flexibility index (Phi) is 4.49. The SMILES string of the molecule is CC(=O)Oc1ccc(N2C(=O)[C@H]3C(/C=C/c4ccccc4)=NO[C@H]3C2=O)cc1. The normalized spacial score (nSPS) is 20.9. The maximum absolute atomic E-state index is 12.9. The van der Waals surface area contributed by atoms with Crippen molar-refractivity contribution in [3.8, 4) is 5.75 Å². The van der Waals surface area contributed by atoms with Gasteiger partial charge in [-0.1, -0.05) is 41.6 Å². The lowest BCUT2D eigenvalue weighted by Crippen LogP contribution is -2.32.